The van der Waals surface area contributed by atoms with E-state index in [1.165, 1.54) is 35.1 Å². The van der Waals surface area contributed by atoms with Gasteiger partial charge in [0.05, 0.1) is 23.3 Å². The highest BCUT2D eigenvalue weighted by Crippen LogP contribution is 2.22. The van der Waals surface area contributed by atoms with E-state index in [0.717, 1.165) is 0 Å². The fourth-order valence-electron chi connectivity index (χ4n) is 2.92. The molecule has 0 aliphatic carbocycles. The number of primary sulfonamides is 1. The maximum absolute atomic E-state index is 13.3. The number of carbonyl (C=O) groups is 1. The molecule has 3 aromatic rings. The van der Waals surface area contributed by atoms with Gasteiger partial charge in [-0.1, -0.05) is 31.2 Å². The Morgan fingerprint density at radius 2 is 1.93 bits per heavy atom. The molecule has 0 spiro atoms. The average molecular weight is 431 g/mol. The van der Waals surface area contributed by atoms with Crippen molar-refractivity contribution in [3.8, 4) is 11.3 Å². The number of sulfonamides is 1. The number of rotatable bonds is 7. The Hall–Kier alpha value is -3.18. The van der Waals surface area contributed by atoms with Gasteiger partial charge in [-0.2, -0.15) is 0 Å². The van der Waals surface area contributed by atoms with Crippen LogP contribution in [0.2, 0.25) is 0 Å². The lowest BCUT2D eigenvalue weighted by Crippen LogP contribution is -2.35. The maximum Gasteiger partial charge on any atom is 0.245 e. The third-order valence-electron chi connectivity index (χ3n) is 4.40. The predicted molar refractivity (Wildman–Crippen MR) is 107 cm³/mol. The highest BCUT2D eigenvalue weighted by Gasteiger charge is 2.26. The Bertz CT molecular complexity index is 1150. The summed E-state index contributed by atoms with van der Waals surface area (Å²) in [6, 6.07) is 7.72. The SMILES string of the molecule is CC(C)[C@H](C(=O)NCc1cc([18F])ccn1)n1cc(-c2ccc(S(N)(=O)=O)cc2)nn1. The zero-order valence-electron chi connectivity index (χ0n) is 16.4. The number of aromatic nitrogens is 4. The molecule has 1 amide bonds. The standard InChI is InChI=1S/C19H21FN6O3S/c1-12(2)18(19(27)23-10-15-9-14(20)7-8-22-15)26-11-17(24-25-26)13-3-5-16(6-4-13)30(21,28)29/h3-9,11-12,18H,10H2,1-2H3,(H,23,27)(H2,21,28,29)/t18-/m1/s1/i20-1. The minimum absolute atomic E-state index is 0.0102. The summed E-state index contributed by atoms with van der Waals surface area (Å²) in [6.07, 6.45) is 2.94. The molecule has 0 radical (unpaired) electrons. The monoisotopic (exact) mass is 431 g/mol. The van der Waals surface area contributed by atoms with E-state index < -0.39 is 21.9 Å². The van der Waals surface area contributed by atoms with Gasteiger partial charge in [0, 0.05) is 11.8 Å². The van der Waals surface area contributed by atoms with Crippen LogP contribution in [-0.4, -0.2) is 34.3 Å². The molecular formula is C19H21FN6O3S. The summed E-state index contributed by atoms with van der Waals surface area (Å²) in [6.45, 7) is 3.82. The Morgan fingerprint density at radius 3 is 2.53 bits per heavy atom. The second-order valence-electron chi connectivity index (χ2n) is 7.03. The Labute approximate surface area is 173 Å². The van der Waals surface area contributed by atoms with Crippen LogP contribution < -0.4 is 10.5 Å². The lowest BCUT2D eigenvalue weighted by atomic mass is 10.0. The van der Waals surface area contributed by atoms with Gasteiger partial charge in [0.1, 0.15) is 17.6 Å². The van der Waals surface area contributed by atoms with E-state index in [4.69, 9.17) is 5.14 Å². The quantitative estimate of drug-likeness (QED) is 0.584. The van der Waals surface area contributed by atoms with Crippen LogP contribution in [0.3, 0.4) is 0 Å². The van der Waals surface area contributed by atoms with Crippen LogP contribution >= 0.6 is 0 Å². The normalized spacial score (nSPS) is 12.7. The molecule has 11 heteroatoms. The van der Waals surface area contributed by atoms with E-state index >= 15 is 0 Å². The predicted octanol–water partition coefficient (Wildman–Crippen LogP) is 1.64. The summed E-state index contributed by atoms with van der Waals surface area (Å²) >= 11 is 0. The van der Waals surface area contributed by atoms with Gasteiger partial charge in [-0.15, -0.1) is 5.10 Å². The van der Waals surface area contributed by atoms with Crippen molar-refractivity contribution in [2.75, 3.05) is 0 Å². The van der Waals surface area contributed by atoms with Crippen molar-refractivity contribution in [1.29, 1.82) is 0 Å². The number of nitrogens with one attached hydrogen (secondary N) is 1. The summed E-state index contributed by atoms with van der Waals surface area (Å²) in [7, 11) is -3.79. The Balaban J connectivity index is 1.77. The molecule has 3 N–H and O–H groups in total. The lowest BCUT2D eigenvalue weighted by molar-refractivity contribution is -0.126. The van der Waals surface area contributed by atoms with Crippen molar-refractivity contribution >= 4 is 15.9 Å². The molecule has 0 fully saturated rings. The van der Waals surface area contributed by atoms with Crippen molar-refractivity contribution in [2.24, 2.45) is 11.1 Å². The number of benzene rings is 1. The van der Waals surface area contributed by atoms with Gasteiger partial charge in [-0.05, 0) is 30.2 Å². The second-order valence-corrected chi connectivity index (χ2v) is 8.59. The molecule has 3 rings (SSSR count). The zero-order chi connectivity index (χ0) is 21.9. The van der Waals surface area contributed by atoms with Gasteiger partial charge >= 0.3 is 0 Å². The molecule has 1 atom stereocenters. The zero-order valence-corrected chi connectivity index (χ0v) is 17.2. The van der Waals surface area contributed by atoms with E-state index in [0.29, 0.717) is 17.0 Å². The van der Waals surface area contributed by atoms with Gasteiger partial charge in [-0.3, -0.25) is 9.78 Å². The topological polar surface area (TPSA) is 133 Å². The van der Waals surface area contributed by atoms with Gasteiger partial charge in [0.25, 0.3) is 0 Å². The number of pyridine rings is 1. The molecular weight excluding hydrogens is 410 g/mol. The van der Waals surface area contributed by atoms with Gasteiger partial charge in [0.2, 0.25) is 15.9 Å². The molecule has 0 saturated heterocycles. The third kappa shape index (κ3) is 5.05. The molecule has 1 aromatic carbocycles. The van der Waals surface area contributed by atoms with Crippen molar-refractivity contribution in [1.82, 2.24) is 25.3 Å². The van der Waals surface area contributed by atoms with Gasteiger partial charge < -0.3 is 5.32 Å². The first-order chi connectivity index (χ1) is 14.1. The first-order valence-electron chi connectivity index (χ1n) is 9.08. The van der Waals surface area contributed by atoms with E-state index in [2.05, 4.69) is 20.6 Å². The molecule has 0 aliphatic heterocycles. The second kappa shape index (κ2) is 8.67. The molecule has 9 nitrogen and oxygen atoms in total. The Kier molecular flexibility index (Phi) is 6.22. The minimum Gasteiger partial charge on any atom is -0.349 e. The lowest BCUT2D eigenvalue weighted by Gasteiger charge is -2.20. The number of nitrogens with two attached hydrogens (primary N) is 1. The number of amides is 1. The summed E-state index contributed by atoms with van der Waals surface area (Å²) in [5, 5.41) is 16.0. The molecule has 2 heterocycles. The van der Waals surface area contributed by atoms with E-state index in [1.807, 2.05) is 13.8 Å². The smallest absolute Gasteiger partial charge is 0.245 e. The van der Waals surface area contributed by atoms with E-state index in [9.17, 15) is 17.6 Å². The molecule has 158 valence electrons. The summed E-state index contributed by atoms with van der Waals surface area (Å²) in [4.78, 5) is 16.7. The molecule has 0 bridgehead atoms. The Morgan fingerprint density at radius 1 is 1.23 bits per heavy atom. The van der Waals surface area contributed by atoms with Gasteiger partial charge in [-0.25, -0.2) is 22.6 Å². The number of hydrogen-bond acceptors (Lipinski definition) is 6. The number of halogens is 1. The van der Waals surface area contributed by atoms with Crippen LogP contribution in [0.1, 0.15) is 25.6 Å². The summed E-state index contributed by atoms with van der Waals surface area (Å²) in [5.74, 6) is -0.842. The van der Waals surface area contributed by atoms with Crippen molar-refractivity contribution in [3.63, 3.8) is 0 Å². The van der Waals surface area contributed by atoms with Crippen LogP contribution in [0.25, 0.3) is 11.3 Å². The molecule has 2 aromatic heterocycles. The minimum atomic E-state index is -3.79. The fraction of sp³-hybridized carbons (Fsp3) is 0.263. The van der Waals surface area contributed by atoms with Crippen LogP contribution in [0.4, 0.5) is 4.39 Å². The van der Waals surface area contributed by atoms with Crippen LogP contribution in [-0.2, 0) is 21.4 Å². The highest BCUT2D eigenvalue weighted by molar-refractivity contribution is 7.89. The van der Waals surface area contributed by atoms with Crippen molar-refractivity contribution in [3.05, 3.63) is 60.3 Å². The summed E-state index contributed by atoms with van der Waals surface area (Å²) in [5.41, 5.74) is 1.50. The molecule has 0 saturated carbocycles. The number of hydrogen-bond donors (Lipinski definition) is 2. The van der Waals surface area contributed by atoms with Crippen LogP contribution in [0.15, 0.2) is 53.7 Å². The van der Waals surface area contributed by atoms with E-state index in [-0.39, 0.29) is 23.3 Å². The van der Waals surface area contributed by atoms with Gasteiger partial charge in [0.15, 0.2) is 0 Å². The fourth-order valence-corrected chi connectivity index (χ4v) is 3.43. The van der Waals surface area contributed by atoms with E-state index in [1.54, 1.807) is 18.3 Å². The number of nitrogens with zero attached hydrogens (tertiary/aromatic N) is 4. The van der Waals surface area contributed by atoms with Crippen molar-refractivity contribution < 1.29 is 17.6 Å². The van der Waals surface area contributed by atoms with Crippen LogP contribution in [0, 0.1) is 11.7 Å². The largest absolute Gasteiger partial charge is 0.349 e. The van der Waals surface area contributed by atoms with Crippen molar-refractivity contribution in [2.45, 2.75) is 31.3 Å². The third-order valence-corrected chi connectivity index (χ3v) is 5.33. The summed E-state index contributed by atoms with van der Waals surface area (Å²) < 4.78 is 37.5. The molecule has 0 aliphatic rings. The molecule has 30 heavy (non-hydrogen) atoms. The van der Waals surface area contributed by atoms with Crippen LogP contribution in [0.5, 0.6) is 0 Å². The average Bonchev–Trinajstić information content (AvgIpc) is 3.15. The molecule has 0 unspecified atom stereocenters. The first kappa shape index (κ1) is 21.5. The number of carbonyl (C=O) groups excluding carboxylic acids is 1. The first-order valence-corrected chi connectivity index (χ1v) is 10.6. The highest BCUT2D eigenvalue weighted by atomic mass is 32.2. The maximum atomic E-state index is 13.3.